The van der Waals surface area contributed by atoms with E-state index in [1.807, 2.05) is 41.3 Å². The average Bonchev–Trinajstić information content (AvgIpc) is 3.09. The van der Waals surface area contributed by atoms with E-state index in [4.69, 9.17) is 4.98 Å². The van der Waals surface area contributed by atoms with Gasteiger partial charge in [0, 0.05) is 41.6 Å². The molecule has 0 saturated carbocycles. The van der Waals surface area contributed by atoms with Crippen LogP contribution in [0, 0.1) is 0 Å². The van der Waals surface area contributed by atoms with E-state index in [0.29, 0.717) is 18.5 Å². The summed E-state index contributed by atoms with van der Waals surface area (Å²) in [5.74, 6) is 1.08. The van der Waals surface area contributed by atoms with Crippen molar-refractivity contribution in [3.05, 3.63) is 53.0 Å². The number of piperidine rings is 1. The Morgan fingerprint density at radius 2 is 2.10 bits per heavy atom. The Labute approximate surface area is 177 Å². The third-order valence-electron chi connectivity index (χ3n) is 5.46. The van der Waals surface area contributed by atoms with Gasteiger partial charge in [-0.2, -0.15) is 0 Å². The molecular weight excluding hydrogens is 402 g/mol. The van der Waals surface area contributed by atoms with E-state index in [9.17, 15) is 9.59 Å². The third kappa shape index (κ3) is 3.76. The molecule has 2 aromatic carbocycles. The smallest absolute Gasteiger partial charge is 0.253 e. The summed E-state index contributed by atoms with van der Waals surface area (Å²) in [5.41, 5.74) is 2.43. The topological polar surface area (TPSA) is 62.3 Å². The first-order chi connectivity index (χ1) is 14.2. The van der Waals surface area contributed by atoms with Crippen LogP contribution in [0.3, 0.4) is 0 Å². The monoisotopic (exact) mass is 423 g/mol. The first-order valence-electron chi connectivity index (χ1n) is 9.89. The highest BCUT2D eigenvalue weighted by Crippen LogP contribution is 2.35. The Morgan fingerprint density at radius 1 is 1.21 bits per heavy atom. The van der Waals surface area contributed by atoms with Crippen molar-refractivity contribution >= 4 is 50.8 Å². The van der Waals surface area contributed by atoms with Crippen molar-refractivity contribution in [1.29, 1.82) is 0 Å². The molecule has 1 aromatic heterocycles. The standard InChI is InChI=1S/C22H21N3O2S2/c26-20-9-11-28-18-8-7-14(12-17(18)23-20)22(27)25-10-3-4-15(13-25)21-24-16-5-1-2-6-19(16)29-21/h1-2,5-8,12,15H,3-4,9-11,13H2,(H,23,26). The minimum absolute atomic E-state index is 0.00900. The van der Waals surface area contributed by atoms with Crippen LogP contribution in [0.15, 0.2) is 47.4 Å². The van der Waals surface area contributed by atoms with Crippen LogP contribution in [-0.2, 0) is 4.79 Å². The number of rotatable bonds is 2. The van der Waals surface area contributed by atoms with E-state index in [0.717, 1.165) is 46.2 Å². The maximum absolute atomic E-state index is 13.2. The Hall–Kier alpha value is -2.38. The maximum Gasteiger partial charge on any atom is 0.253 e. The van der Waals surface area contributed by atoms with Crippen LogP contribution >= 0.6 is 23.1 Å². The number of thioether (sulfide) groups is 1. The molecule has 2 aliphatic rings. The molecule has 3 aromatic rings. The molecular formula is C22H21N3O2S2. The van der Waals surface area contributed by atoms with Crippen molar-refractivity contribution in [3.63, 3.8) is 0 Å². The molecule has 1 saturated heterocycles. The van der Waals surface area contributed by atoms with Crippen LogP contribution in [0.1, 0.15) is 40.5 Å². The van der Waals surface area contributed by atoms with Crippen LogP contribution in [0.25, 0.3) is 10.2 Å². The van der Waals surface area contributed by atoms with Gasteiger partial charge in [0.05, 0.1) is 20.9 Å². The second kappa shape index (κ2) is 7.80. The number of amides is 2. The van der Waals surface area contributed by atoms with Gasteiger partial charge in [-0.1, -0.05) is 12.1 Å². The zero-order valence-corrected chi connectivity index (χ0v) is 17.5. The number of nitrogens with one attached hydrogen (secondary N) is 1. The normalized spacial score (nSPS) is 19.5. The molecule has 0 bridgehead atoms. The average molecular weight is 424 g/mol. The number of hydrogen-bond donors (Lipinski definition) is 1. The molecule has 1 N–H and O–H groups in total. The van der Waals surface area contributed by atoms with E-state index in [2.05, 4.69) is 11.4 Å². The molecule has 1 fully saturated rings. The number of hydrogen-bond acceptors (Lipinski definition) is 5. The lowest BCUT2D eigenvalue weighted by molar-refractivity contribution is -0.115. The van der Waals surface area contributed by atoms with E-state index >= 15 is 0 Å². The largest absolute Gasteiger partial charge is 0.338 e. The molecule has 5 rings (SSSR count). The molecule has 0 spiro atoms. The fraction of sp³-hybridized carbons (Fsp3) is 0.318. The van der Waals surface area contributed by atoms with Gasteiger partial charge < -0.3 is 10.2 Å². The number of fused-ring (bicyclic) bond motifs is 2. The summed E-state index contributed by atoms with van der Waals surface area (Å²) < 4.78 is 1.20. The van der Waals surface area contributed by atoms with Crippen LogP contribution in [0.2, 0.25) is 0 Å². The Kier molecular flexibility index (Phi) is 5.01. The SMILES string of the molecule is O=C1CCSc2ccc(C(=O)N3CCCC(c4nc5ccccc5s4)C3)cc2N1. The van der Waals surface area contributed by atoms with Gasteiger partial charge in [0.2, 0.25) is 5.91 Å². The number of carbonyl (C=O) groups excluding carboxylic acids is 2. The van der Waals surface area contributed by atoms with Gasteiger partial charge >= 0.3 is 0 Å². The summed E-state index contributed by atoms with van der Waals surface area (Å²) in [5, 5.41) is 4.05. The van der Waals surface area contributed by atoms with E-state index in [-0.39, 0.29) is 17.7 Å². The first-order valence-corrected chi connectivity index (χ1v) is 11.7. The van der Waals surface area contributed by atoms with Crippen molar-refractivity contribution in [1.82, 2.24) is 9.88 Å². The van der Waals surface area contributed by atoms with Gasteiger partial charge in [-0.15, -0.1) is 23.1 Å². The van der Waals surface area contributed by atoms with Crippen LogP contribution in [0.4, 0.5) is 5.69 Å². The number of anilines is 1. The van der Waals surface area contributed by atoms with Crippen molar-refractivity contribution in [2.75, 3.05) is 24.2 Å². The number of thiazole rings is 1. The minimum Gasteiger partial charge on any atom is -0.338 e. The molecule has 2 aliphatic heterocycles. The number of nitrogens with zero attached hydrogens (tertiary/aromatic N) is 2. The second-order valence-electron chi connectivity index (χ2n) is 7.47. The van der Waals surface area contributed by atoms with Gasteiger partial charge in [0.1, 0.15) is 0 Å². The van der Waals surface area contributed by atoms with E-state index in [1.165, 1.54) is 4.70 Å². The molecule has 3 heterocycles. The highest BCUT2D eigenvalue weighted by atomic mass is 32.2. The summed E-state index contributed by atoms with van der Waals surface area (Å²) >= 11 is 3.39. The van der Waals surface area contributed by atoms with Crippen LogP contribution in [-0.4, -0.2) is 40.5 Å². The molecule has 1 atom stereocenters. The van der Waals surface area contributed by atoms with Gasteiger partial charge in [0.25, 0.3) is 5.91 Å². The van der Waals surface area contributed by atoms with Crippen molar-refractivity contribution in [2.24, 2.45) is 0 Å². The third-order valence-corrected chi connectivity index (χ3v) is 7.73. The highest BCUT2D eigenvalue weighted by molar-refractivity contribution is 7.99. The van der Waals surface area contributed by atoms with Crippen LogP contribution in [0.5, 0.6) is 0 Å². The van der Waals surface area contributed by atoms with Crippen molar-refractivity contribution in [2.45, 2.75) is 30.1 Å². The summed E-state index contributed by atoms with van der Waals surface area (Å²) in [7, 11) is 0. The lowest BCUT2D eigenvalue weighted by Crippen LogP contribution is -2.39. The molecule has 2 amide bonds. The molecule has 0 radical (unpaired) electrons. The number of para-hydroxylation sites is 1. The number of likely N-dealkylation sites (tertiary alicyclic amines) is 1. The molecule has 148 valence electrons. The summed E-state index contributed by atoms with van der Waals surface area (Å²) in [4.78, 5) is 32.8. The summed E-state index contributed by atoms with van der Waals surface area (Å²) in [6, 6.07) is 13.9. The first kappa shape index (κ1) is 18.6. The fourth-order valence-corrected chi connectivity index (χ4v) is 5.99. The molecule has 1 unspecified atom stereocenters. The Balaban J connectivity index is 1.36. The van der Waals surface area contributed by atoms with E-state index < -0.39 is 0 Å². The number of carbonyl (C=O) groups is 2. The second-order valence-corrected chi connectivity index (χ2v) is 9.67. The van der Waals surface area contributed by atoms with E-state index in [1.54, 1.807) is 23.1 Å². The highest BCUT2D eigenvalue weighted by Gasteiger charge is 2.28. The predicted molar refractivity (Wildman–Crippen MR) is 118 cm³/mol. The quantitative estimate of drug-likeness (QED) is 0.646. The van der Waals surface area contributed by atoms with Gasteiger partial charge in [-0.25, -0.2) is 4.98 Å². The molecule has 29 heavy (non-hydrogen) atoms. The Morgan fingerprint density at radius 3 is 3.00 bits per heavy atom. The molecule has 7 heteroatoms. The number of aromatic nitrogens is 1. The summed E-state index contributed by atoms with van der Waals surface area (Å²) in [6.07, 6.45) is 2.53. The number of benzene rings is 2. The zero-order chi connectivity index (χ0) is 19.8. The molecule has 5 nitrogen and oxygen atoms in total. The fourth-order valence-electron chi connectivity index (χ4n) is 3.96. The summed E-state index contributed by atoms with van der Waals surface area (Å²) in [6.45, 7) is 1.45. The van der Waals surface area contributed by atoms with Gasteiger partial charge in [0.15, 0.2) is 0 Å². The maximum atomic E-state index is 13.2. The zero-order valence-electron chi connectivity index (χ0n) is 15.9. The lowest BCUT2D eigenvalue weighted by Gasteiger charge is -2.32. The van der Waals surface area contributed by atoms with Gasteiger partial charge in [-0.3, -0.25) is 9.59 Å². The van der Waals surface area contributed by atoms with Crippen molar-refractivity contribution in [3.8, 4) is 0 Å². The van der Waals surface area contributed by atoms with Crippen molar-refractivity contribution < 1.29 is 9.59 Å². The Bertz CT molecular complexity index is 1060. The minimum atomic E-state index is 0.00900. The predicted octanol–water partition coefficient (Wildman–Crippen LogP) is 4.75. The van der Waals surface area contributed by atoms with Crippen LogP contribution < -0.4 is 5.32 Å². The van der Waals surface area contributed by atoms with Gasteiger partial charge in [-0.05, 0) is 43.2 Å². The lowest BCUT2D eigenvalue weighted by atomic mass is 9.98. The molecule has 0 aliphatic carbocycles.